The Morgan fingerprint density at radius 1 is 1.33 bits per heavy atom. The quantitative estimate of drug-likeness (QED) is 0.365. The molecule has 0 saturated carbocycles. The van der Waals surface area contributed by atoms with Gasteiger partial charge in [-0.3, -0.25) is 19.6 Å². The fourth-order valence-corrected chi connectivity index (χ4v) is 1.72. The normalized spacial score (nSPS) is 11.2. The second-order valence-corrected chi connectivity index (χ2v) is 4.85. The molecular formula is C15H15N3O3. The van der Waals surface area contributed by atoms with Gasteiger partial charge in [0.25, 0.3) is 5.69 Å². The molecule has 1 heterocycles. The van der Waals surface area contributed by atoms with E-state index in [-0.39, 0.29) is 17.5 Å². The molecule has 0 atom stereocenters. The lowest BCUT2D eigenvalue weighted by Crippen LogP contribution is -2.00. The Morgan fingerprint density at radius 2 is 2.00 bits per heavy atom. The molecular weight excluding hydrogens is 270 g/mol. The first-order chi connectivity index (χ1) is 9.97. The van der Waals surface area contributed by atoms with E-state index in [4.69, 9.17) is 0 Å². The van der Waals surface area contributed by atoms with Crippen LogP contribution >= 0.6 is 0 Å². The molecule has 0 aliphatic heterocycles. The summed E-state index contributed by atoms with van der Waals surface area (Å²) < 4.78 is 1.72. The highest BCUT2D eigenvalue weighted by Gasteiger charge is 2.07. The number of hydrogen-bond acceptors (Lipinski definition) is 4. The number of ketones is 1. The van der Waals surface area contributed by atoms with Crippen LogP contribution in [0.3, 0.4) is 0 Å². The molecule has 0 aliphatic rings. The smallest absolute Gasteiger partial charge is 0.269 e. The van der Waals surface area contributed by atoms with Crippen molar-refractivity contribution in [3.8, 4) is 0 Å². The lowest BCUT2D eigenvalue weighted by Gasteiger charge is -2.02. The van der Waals surface area contributed by atoms with Gasteiger partial charge in [0.1, 0.15) is 0 Å². The Labute approximate surface area is 121 Å². The van der Waals surface area contributed by atoms with E-state index in [1.807, 2.05) is 13.8 Å². The first-order valence-electron chi connectivity index (χ1n) is 6.48. The molecule has 0 aliphatic carbocycles. The van der Waals surface area contributed by atoms with Crippen molar-refractivity contribution in [1.29, 1.82) is 0 Å². The number of nitro groups is 1. The summed E-state index contributed by atoms with van der Waals surface area (Å²) in [6.07, 6.45) is 6.29. The van der Waals surface area contributed by atoms with Gasteiger partial charge in [-0.1, -0.05) is 6.08 Å². The Bertz CT molecular complexity index is 684. The average molecular weight is 285 g/mol. The van der Waals surface area contributed by atoms with Crippen LogP contribution in [0.25, 0.3) is 6.08 Å². The van der Waals surface area contributed by atoms with Crippen LogP contribution in [0.4, 0.5) is 5.69 Å². The van der Waals surface area contributed by atoms with Crippen molar-refractivity contribution in [2.45, 2.75) is 19.9 Å². The summed E-state index contributed by atoms with van der Waals surface area (Å²) in [5, 5.41) is 14.7. The van der Waals surface area contributed by atoms with Gasteiger partial charge in [0, 0.05) is 24.4 Å². The molecule has 21 heavy (non-hydrogen) atoms. The molecule has 0 amide bonds. The third kappa shape index (κ3) is 3.62. The lowest BCUT2D eigenvalue weighted by molar-refractivity contribution is -0.384. The lowest BCUT2D eigenvalue weighted by atomic mass is 10.1. The van der Waals surface area contributed by atoms with E-state index in [1.54, 1.807) is 29.1 Å². The second-order valence-electron chi connectivity index (χ2n) is 4.85. The van der Waals surface area contributed by atoms with E-state index in [0.29, 0.717) is 5.56 Å². The molecule has 6 heteroatoms. The summed E-state index contributed by atoms with van der Waals surface area (Å²) in [6, 6.07) is 6.20. The maximum atomic E-state index is 12.0. The molecule has 6 nitrogen and oxygen atoms in total. The standard InChI is InChI=1S/C15H15N3O3/c1-11(2)17-10-13(9-16-17)15(19)8-5-12-3-6-14(7-4-12)18(20)21/h3-11H,1-2H3. The molecule has 1 aromatic carbocycles. The van der Waals surface area contributed by atoms with E-state index < -0.39 is 4.92 Å². The van der Waals surface area contributed by atoms with Crippen LogP contribution < -0.4 is 0 Å². The maximum absolute atomic E-state index is 12.0. The molecule has 0 spiro atoms. The van der Waals surface area contributed by atoms with E-state index in [0.717, 1.165) is 5.56 Å². The SMILES string of the molecule is CC(C)n1cc(C(=O)C=Cc2ccc([N+](=O)[O-])cc2)cn1. The van der Waals surface area contributed by atoms with Crippen molar-refractivity contribution in [3.63, 3.8) is 0 Å². The third-order valence-corrected chi connectivity index (χ3v) is 2.95. The van der Waals surface area contributed by atoms with Gasteiger partial charge in [-0.25, -0.2) is 0 Å². The molecule has 0 fully saturated rings. The largest absolute Gasteiger partial charge is 0.289 e. The highest BCUT2D eigenvalue weighted by molar-refractivity contribution is 6.06. The van der Waals surface area contributed by atoms with Crippen LogP contribution in [0, 0.1) is 10.1 Å². The molecule has 2 aromatic rings. The van der Waals surface area contributed by atoms with Gasteiger partial charge in [-0.2, -0.15) is 5.10 Å². The molecule has 1 aromatic heterocycles. The topological polar surface area (TPSA) is 78.0 Å². The monoisotopic (exact) mass is 285 g/mol. The highest BCUT2D eigenvalue weighted by Crippen LogP contribution is 2.13. The minimum absolute atomic E-state index is 0.0247. The fourth-order valence-electron chi connectivity index (χ4n) is 1.72. The molecule has 0 bridgehead atoms. The van der Waals surface area contributed by atoms with Gasteiger partial charge >= 0.3 is 0 Å². The number of allylic oxidation sites excluding steroid dienone is 1. The summed E-state index contributed by atoms with van der Waals surface area (Å²) in [5.74, 6) is -0.153. The molecule has 0 radical (unpaired) electrons. The van der Waals surface area contributed by atoms with E-state index in [1.165, 1.54) is 24.4 Å². The first kappa shape index (κ1) is 14.6. The number of carbonyl (C=O) groups is 1. The van der Waals surface area contributed by atoms with Crippen LogP contribution in [0.2, 0.25) is 0 Å². The van der Waals surface area contributed by atoms with Gasteiger partial charge in [-0.05, 0) is 37.6 Å². The number of nitro benzene ring substituents is 1. The summed E-state index contributed by atoms with van der Waals surface area (Å²) in [4.78, 5) is 22.1. The maximum Gasteiger partial charge on any atom is 0.269 e. The number of rotatable bonds is 5. The predicted octanol–water partition coefficient (Wildman–Crippen LogP) is 3.27. The van der Waals surface area contributed by atoms with Gasteiger partial charge in [-0.15, -0.1) is 0 Å². The molecule has 0 N–H and O–H groups in total. The number of aromatic nitrogens is 2. The van der Waals surface area contributed by atoms with Crippen molar-refractivity contribution >= 4 is 17.5 Å². The number of non-ortho nitro benzene ring substituents is 1. The summed E-state index contributed by atoms with van der Waals surface area (Å²) in [5.41, 5.74) is 1.27. The number of hydrogen-bond donors (Lipinski definition) is 0. The number of benzene rings is 1. The predicted molar refractivity (Wildman–Crippen MR) is 79.1 cm³/mol. The number of carbonyl (C=O) groups excluding carboxylic acids is 1. The molecule has 0 unspecified atom stereocenters. The van der Waals surface area contributed by atoms with Crippen LogP contribution in [-0.2, 0) is 0 Å². The number of nitrogens with zero attached hydrogens (tertiary/aromatic N) is 3. The molecule has 2 rings (SSSR count). The van der Waals surface area contributed by atoms with Crippen molar-refractivity contribution in [2.24, 2.45) is 0 Å². The van der Waals surface area contributed by atoms with Crippen LogP contribution in [0.5, 0.6) is 0 Å². The van der Waals surface area contributed by atoms with Crippen molar-refractivity contribution in [1.82, 2.24) is 9.78 Å². The Balaban J connectivity index is 2.09. The van der Waals surface area contributed by atoms with E-state index in [2.05, 4.69) is 5.10 Å². The zero-order valence-electron chi connectivity index (χ0n) is 11.8. The fraction of sp³-hybridized carbons (Fsp3) is 0.200. The first-order valence-corrected chi connectivity index (χ1v) is 6.48. The molecule has 0 saturated heterocycles. The van der Waals surface area contributed by atoms with Gasteiger partial charge in [0.05, 0.1) is 16.7 Å². The second kappa shape index (κ2) is 6.13. The van der Waals surface area contributed by atoms with E-state index in [9.17, 15) is 14.9 Å². The van der Waals surface area contributed by atoms with E-state index >= 15 is 0 Å². The highest BCUT2D eigenvalue weighted by atomic mass is 16.6. The Hall–Kier alpha value is -2.76. The van der Waals surface area contributed by atoms with Crippen LogP contribution in [0.15, 0.2) is 42.7 Å². The average Bonchev–Trinajstić information content (AvgIpc) is 2.95. The summed E-state index contributed by atoms with van der Waals surface area (Å²) in [7, 11) is 0. The van der Waals surface area contributed by atoms with Crippen LogP contribution in [0.1, 0.15) is 35.8 Å². The molecule has 108 valence electrons. The van der Waals surface area contributed by atoms with Gasteiger partial charge < -0.3 is 0 Å². The van der Waals surface area contributed by atoms with Crippen molar-refractivity contribution in [3.05, 3.63) is 64.0 Å². The third-order valence-electron chi connectivity index (χ3n) is 2.95. The minimum atomic E-state index is -0.459. The van der Waals surface area contributed by atoms with Crippen molar-refractivity contribution in [2.75, 3.05) is 0 Å². The zero-order valence-corrected chi connectivity index (χ0v) is 11.8. The van der Waals surface area contributed by atoms with Gasteiger partial charge in [0.15, 0.2) is 5.78 Å². The summed E-state index contributed by atoms with van der Waals surface area (Å²) in [6.45, 7) is 3.96. The zero-order chi connectivity index (χ0) is 15.4. The van der Waals surface area contributed by atoms with Gasteiger partial charge in [0.2, 0.25) is 0 Å². The Morgan fingerprint density at radius 3 is 2.52 bits per heavy atom. The summed E-state index contributed by atoms with van der Waals surface area (Å²) >= 11 is 0. The van der Waals surface area contributed by atoms with Crippen LogP contribution in [-0.4, -0.2) is 20.5 Å². The van der Waals surface area contributed by atoms with Crippen molar-refractivity contribution < 1.29 is 9.72 Å². The minimum Gasteiger partial charge on any atom is -0.289 e. The Kier molecular flexibility index (Phi) is 4.27.